The largest absolute Gasteiger partial charge is 0.379 e. The average molecular weight is 408 g/mol. The monoisotopic (exact) mass is 407 g/mol. The van der Waals surface area contributed by atoms with E-state index < -0.39 is 0 Å². The Labute approximate surface area is 177 Å². The van der Waals surface area contributed by atoms with Gasteiger partial charge >= 0.3 is 0 Å². The lowest BCUT2D eigenvalue weighted by molar-refractivity contribution is -0.122. The summed E-state index contributed by atoms with van der Waals surface area (Å²) in [5.74, 6) is -0.438. The Morgan fingerprint density at radius 3 is 2.57 bits per heavy atom. The average Bonchev–Trinajstić information content (AvgIpc) is 3.14. The normalized spacial score (nSPS) is 19.9. The number of benzene rings is 2. The topological polar surface area (TPSA) is 61.9 Å². The third-order valence-corrected chi connectivity index (χ3v) is 6.09. The number of hydrogen-bond donors (Lipinski definition) is 1. The van der Waals surface area contributed by atoms with Gasteiger partial charge in [0.05, 0.1) is 19.1 Å². The maximum Gasteiger partial charge on any atom is 0.229 e. The second-order valence-corrected chi connectivity index (χ2v) is 8.20. The molecule has 158 valence electrons. The van der Waals surface area contributed by atoms with E-state index in [1.54, 1.807) is 4.90 Å². The van der Waals surface area contributed by atoms with Gasteiger partial charge in [-0.25, -0.2) is 0 Å². The zero-order valence-corrected chi connectivity index (χ0v) is 17.7. The fourth-order valence-electron chi connectivity index (χ4n) is 4.10. The van der Waals surface area contributed by atoms with Crippen LogP contribution in [0.25, 0.3) is 0 Å². The Kier molecular flexibility index (Phi) is 6.16. The Balaban J connectivity index is 1.36. The van der Waals surface area contributed by atoms with Crippen molar-refractivity contribution in [2.45, 2.75) is 26.8 Å². The Morgan fingerprint density at radius 2 is 1.83 bits per heavy atom. The second-order valence-electron chi connectivity index (χ2n) is 8.20. The predicted molar refractivity (Wildman–Crippen MR) is 118 cm³/mol. The number of anilines is 2. The minimum atomic E-state index is -0.342. The molecule has 1 unspecified atom stereocenters. The second kappa shape index (κ2) is 8.98. The van der Waals surface area contributed by atoms with Crippen LogP contribution in [0, 0.1) is 19.8 Å². The molecule has 0 bridgehead atoms. The molecule has 0 spiro atoms. The summed E-state index contributed by atoms with van der Waals surface area (Å²) in [4.78, 5) is 29.5. The third-order valence-electron chi connectivity index (χ3n) is 6.09. The summed E-state index contributed by atoms with van der Waals surface area (Å²) in [5, 5.41) is 2.98. The molecule has 2 aliphatic rings. The number of aryl methyl sites for hydroxylation is 1. The third kappa shape index (κ3) is 4.55. The van der Waals surface area contributed by atoms with Gasteiger partial charge in [0.1, 0.15) is 0 Å². The van der Waals surface area contributed by atoms with Crippen LogP contribution in [-0.2, 0) is 20.9 Å². The van der Waals surface area contributed by atoms with Gasteiger partial charge in [0.15, 0.2) is 0 Å². The molecule has 2 aromatic rings. The van der Waals surface area contributed by atoms with Gasteiger partial charge in [0.2, 0.25) is 11.8 Å². The molecular formula is C24H29N3O3. The lowest BCUT2D eigenvalue weighted by atomic mass is 10.1. The number of amides is 2. The Morgan fingerprint density at radius 1 is 1.10 bits per heavy atom. The summed E-state index contributed by atoms with van der Waals surface area (Å²) in [6.45, 7) is 8.83. The van der Waals surface area contributed by atoms with E-state index >= 15 is 0 Å². The zero-order valence-electron chi connectivity index (χ0n) is 17.7. The number of carbonyl (C=O) groups excluding carboxylic acids is 2. The number of nitrogens with one attached hydrogen (secondary N) is 1. The van der Waals surface area contributed by atoms with Crippen LogP contribution < -0.4 is 10.2 Å². The summed E-state index contributed by atoms with van der Waals surface area (Å²) in [6, 6.07) is 13.9. The van der Waals surface area contributed by atoms with E-state index in [2.05, 4.69) is 10.2 Å². The molecule has 0 saturated carbocycles. The minimum Gasteiger partial charge on any atom is -0.379 e. The van der Waals surface area contributed by atoms with Crippen molar-refractivity contribution in [3.8, 4) is 0 Å². The van der Waals surface area contributed by atoms with E-state index in [9.17, 15) is 9.59 Å². The van der Waals surface area contributed by atoms with Crippen molar-refractivity contribution < 1.29 is 14.3 Å². The number of rotatable bonds is 5. The molecule has 6 nitrogen and oxygen atoms in total. The molecule has 2 heterocycles. The van der Waals surface area contributed by atoms with Crippen molar-refractivity contribution in [1.29, 1.82) is 0 Å². The highest BCUT2D eigenvalue weighted by Gasteiger charge is 2.35. The molecule has 2 saturated heterocycles. The van der Waals surface area contributed by atoms with Gasteiger partial charge in [0, 0.05) is 44.0 Å². The van der Waals surface area contributed by atoms with Gasteiger partial charge in [-0.3, -0.25) is 14.5 Å². The van der Waals surface area contributed by atoms with Crippen molar-refractivity contribution in [2.75, 3.05) is 43.1 Å². The van der Waals surface area contributed by atoms with Gasteiger partial charge in [-0.1, -0.05) is 24.3 Å². The minimum absolute atomic E-state index is 0.00436. The fourth-order valence-corrected chi connectivity index (χ4v) is 4.10. The summed E-state index contributed by atoms with van der Waals surface area (Å²) >= 11 is 0. The number of carbonyl (C=O) groups is 2. The van der Waals surface area contributed by atoms with Crippen LogP contribution >= 0.6 is 0 Å². The van der Waals surface area contributed by atoms with Gasteiger partial charge in [0.25, 0.3) is 0 Å². The van der Waals surface area contributed by atoms with Crippen LogP contribution in [0.2, 0.25) is 0 Å². The molecule has 30 heavy (non-hydrogen) atoms. The molecular weight excluding hydrogens is 378 g/mol. The van der Waals surface area contributed by atoms with Crippen molar-refractivity contribution in [3.63, 3.8) is 0 Å². The molecule has 0 radical (unpaired) electrons. The highest BCUT2D eigenvalue weighted by molar-refractivity contribution is 6.03. The van der Waals surface area contributed by atoms with E-state index in [1.807, 2.05) is 56.3 Å². The fraction of sp³-hybridized carbons (Fsp3) is 0.417. The van der Waals surface area contributed by atoms with Crippen LogP contribution in [0.1, 0.15) is 23.1 Å². The number of morpholine rings is 1. The van der Waals surface area contributed by atoms with Crippen LogP contribution in [0.5, 0.6) is 0 Å². The van der Waals surface area contributed by atoms with E-state index in [0.717, 1.165) is 55.3 Å². The highest BCUT2D eigenvalue weighted by Crippen LogP contribution is 2.30. The quantitative estimate of drug-likeness (QED) is 0.827. The van der Waals surface area contributed by atoms with Gasteiger partial charge in [-0.2, -0.15) is 0 Å². The summed E-state index contributed by atoms with van der Waals surface area (Å²) < 4.78 is 5.39. The molecule has 2 amide bonds. The molecule has 6 heteroatoms. The first-order chi connectivity index (χ1) is 14.5. The van der Waals surface area contributed by atoms with Crippen molar-refractivity contribution >= 4 is 23.2 Å². The van der Waals surface area contributed by atoms with E-state index in [-0.39, 0.29) is 24.2 Å². The molecule has 0 aromatic heterocycles. The molecule has 2 fully saturated rings. The Hall–Kier alpha value is -2.70. The number of ether oxygens (including phenoxy) is 1. The van der Waals surface area contributed by atoms with E-state index in [4.69, 9.17) is 4.74 Å². The Bertz CT molecular complexity index is 920. The van der Waals surface area contributed by atoms with Crippen LogP contribution in [0.3, 0.4) is 0 Å². The summed E-state index contributed by atoms with van der Waals surface area (Å²) in [6.07, 6.45) is 0.244. The summed E-state index contributed by atoms with van der Waals surface area (Å²) in [7, 11) is 0. The molecule has 0 aliphatic carbocycles. The number of hydrogen-bond acceptors (Lipinski definition) is 4. The lowest BCUT2D eigenvalue weighted by Gasteiger charge is -2.26. The van der Waals surface area contributed by atoms with Crippen LogP contribution in [0.15, 0.2) is 42.5 Å². The maximum absolute atomic E-state index is 12.8. The smallest absolute Gasteiger partial charge is 0.229 e. The van der Waals surface area contributed by atoms with E-state index in [1.165, 1.54) is 5.56 Å². The van der Waals surface area contributed by atoms with Gasteiger partial charge in [-0.15, -0.1) is 0 Å². The van der Waals surface area contributed by atoms with Crippen LogP contribution in [-0.4, -0.2) is 49.6 Å². The molecule has 1 atom stereocenters. The molecule has 4 rings (SSSR count). The SMILES string of the molecule is Cc1cccc(N2CC(C(=O)Nc3ccc(CN4CCOCC4)cc3)CC2=O)c1C. The van der Waals surface area contributed by atoms with Gasteiger partial charge < -0.3 is 15.0 Å². The maximum atomic E-state index is 12.8. The highest BCUT2D eigenvalue weighted by atomic mass is 16.5. The van der Waals surface area contributed by atoms with Crippen molar-refractivity contribution in [3.05, 3.63) is 59.2 Å². The first-order valence-electron chi connectivity index (χ1n) is 10.6. The zero-order chi connectivity index (χ0) is 21.1. The molecule has 1 N–H and O–H groups in total. The lowest BCUT2D eigenvalue weighted by Crippen LogP contribution is -2.35. The predicted octanol–water partition coefficient (Wildman–Crippen LogP) is 3.13. The van der Waals surface area contributed by atoms with Crippen LogP contribution in [0.4, 0.5) is 11.4 Å². The van der Waals surface area contributed by atoms with Gasteiger partial charge in [-0.05, 0) is 48.7 Å². The first kappa shape index (κ1) is 20.6. The first-order valence-corrected chi connectivity index (χ1v) is 10.6. The van der Waals surface area contributed by atoms with Crippen molar-refractivity contribution in [1.82, 2.24) is 4.90 Å². The van der Waals surface area contributed by atoms with Crippen molar-refractivity contribution in [2.24, 2.45) is 5.92 Å². The molecule has 2 aromatic carbocycles. The molecule has 2 aliphatic heterocycles. The number of nitrogens with zero attached hydrogens (tertiary/aromatic N) is 2. The van der Waals surface area contributed by atoms with E-state index in [0.29, 0.717) is 6.54 Å². The summed E-state index contributed by atoms with van der Waals surface area (Å²) in [5.41, 5.74) is 5.12. The standard InChI is InChI=1S/C24H29N3O3/c1-17-4-3-5-22(18(17)2)27-16-20(14-23(27)28)24(29)25-21-8-6-19(7-9-21)15-26-10-12-30-13-11-26/h3-9,20H,10-16H2,1-2H3,(H,25,29).